The molecule has 4 rings (SSSR count). The second kappa shape index (κ2) is 5.72. The van der Waals surface area contributed by atoms with Crippen molar-refractivity contribution >= 4 is 5.69 Å². The van der Waals surface area contributed by atoms with Crippen molar-refractivity contribution in [3.8, 4) is 6.07 Å². The maximum absolute atomic E-state index is 10.1. The van der Waals surface area contributed by atoms with Gasteiger partial charge in [-0.05, 0) is 24.5 Å². The van der Waals surface area contributed by atoms with Gasteiger partial charge in [0.15, 0.2) is 0 Å². The lowest BCUT2D eigenvalue weighted by Gasteiger charge is -2.29. The van der Waals surface area contributed by atoms with Crippen molar-refractivity contribution in [3.63, 3.8) is 0 Å². The molecule has 0 saturated carbocycles. The third kappa shape index (κ3) is 2.22. The fourth-order valence-corrected chi connectivity index (χ4v) is 4.09. The Morgan fingerprint density at radius 2 is 1.91 bits per heavy atom. The summed E-state index contributed by atoms with van der Waals surface area (Å²) in [7, 11) is 0. The number of rotatable bonds is 4. The lowest BCUT2D eigenvalue weighted by atomic mass is 9.77. The van der Waals surface area contributed by atoms with Crippen LogP contribution in [0.25, 0.3) is 0 Å². The monoisotopic (exact) mass is 304 g/mol. The molecule has 0 radical (unpaired) electrons. The van der Waals surface area contributed by atoms with Gasteiger partial charge in [0.05, 0.1) is 25.3 Å². The van der Waals surface area contributed by atoms with Crippen molar-refractivity contribution in [3.05, 3.63) is 65.7 Å². The Morgan fingerprint density at radius 3 is 2.74 bits per heavy atom. The normalized spacial score (nSPS) is 25.0. The highest BCUT2D eigenvalue weighted by atomic mass is 16.5. The molecular weight excluding hydrogens is 284 g/mol. The second-order valence-electron chi connectivity index (χ2n) is 6.43. The Balaban J connectivity index is 1.60. The maximum Gasteiger partial charge on any atom is 0.128 e. The van der Waals surface area contributed by atoms with Gasteiger partial charge in [0.2, 0.25) is 0 Å². The Bertz CT molecular complexity index is 737. The van der Waals surface area contributed by atoms with Crippen molar-refractivity contribution in [2.45, 2.75) is 30.9 Å². The molecule has 0 aliphatic carbocycles. The molecule has 2 aliphatic heterocycles. The van der Waals surface area contributed by atoms with Gasteiger partial charge < -0.3 is 9.64 Å². The van der Waals surface area contributed by atoms with E-state index < -0.39 is 5.41 Å². The molecule has 2 aliphatic rings. The van der Waals surface area contributed by atoms with Crippen LogP contribution in [-0.4, -0.2) is 19.2 Å². The fourth-order valence-electron chi connectivity index (χ4n) is 4.09. The van der Waals surface area contributed by atoms with E-state index in [9.17, 15) is 5.26 Å². The number of ether oxygens (including phenoxy) is 1. The molecule has 0 amide bonds. The van der Waals surface area contributed by atoms with Crippen LogP contribution < -0.4 is 4.90 Å². The summed E-state index contributed by atoms with van der Waals surface area (Å²) in [6, 6.07) is 21.4. The van der Waals surface area contributed by atoms with Crippen LogP contribution in [0, 0.1) is 11.3 Å². The Kier molecular flexibility index (Phi) is 3.55. The third-order valence-corrected chi connectivity index (χ3v) is 5.16. The topological polar surface area (TPSA) is 36.3 Å². The van der Waals surface area contributed by atoms with Crippen molar-refractivity contribution in [2.75, 3.05) is 18.1 Å². The summed E-state index contributed by atoms with van der Waals surface area (Å²) in [5.74, 6) is 0. The van der Waals surface area contributed by atoms with Gasteiger partial charge in [0.25, 0.3) is 0 Å². The van der Waals surface area contributed by atoms with Crippen LogP contribution in [0.15, 0.2) is 54.6 Å². The van der Waals surface area contributed by atoms with E-state index >= 15 is 0 Å². The van der Waals surface area contributed by atoms with E-state index in [1.807, 2.05) is 24.3 Å². The van der Waals surface area contributed by atoms with Gasteiger partial charge >= 0.3 is 0 Å². The quantitative estimate of drug-likeness (QED) is 0.865. The summed E-state index contributed by atoms with van der Waals surface area (Å²) in [6.07, 6.45) is 2.22. The number of nitriles is 1. The van der Waals surface area contributed by atoms with Crippen LogP contribution in [0.1, 0.15) is 24.0 Å². The van der Waals surface area contributed by atoms with Gasteiger partial charge in [-0.3, -0.25) is 0 Å². The molecule has 23 heavy (non-hydrogen) atoms. The first-order valence-corrected chi connectivity index (χ1v) is 8.24. The van der Waals surface area contributed by atoms with Gasteiger partial charge in [-0.15, -0.1) is 0 Å². The SMILES string of the molecule is N#C[C@@]1(COCc2ccccc2)c2ccccc2N2CCC[C@@H]21. The van der Waals surface area contributed by atoms with Crippen LogP contribution in [0.4, 0.5) is 5.69 Å². The zero-order chi connectivity index (χ0) is 15.7. The minimum absolute atomic E-state index is 0.251. The molecule has 3 heteroatoms. The van der Waals surface area contributed by atoms with E-state index in [0.29, 0.717) is 13.2 Å². The molecule has 3 nitrogen and oxygen atoms in total. The standard InChI is InChI=1S/C20H20N2O/c21-14-20(15-23-13-16-7-2-1-3-8-16)17-9-4-5-10-18(17)22-12-6-11-19(20)22/h1-5,7-10,19H,6,11-13,15H2/t19-,20-/m1/s1. The Morgan fingerprint density at radius 1 is 1.13 bits per heavy atom. The van der Waals surface area contributed by atoms with Gasteiger partial charge in [-0.25, -0.2) is 0 Å². The Hall–Kier alpha value is -2.31. The lowest BCUT2D eigenvalue weighted by molar-refractivity contribution is 0.0831. The molecule has 0 N–H and O–H groups in total. The smallest absolute Gasteiger partial charge is 0.128 e. The van der Waals surface area contributed by atoms with Crippen LogP contribution >= 0.6 is 0 Å². The minimum atomic E-state index is -0.540. The summed E-state index contributed by atoms with van der Waals surface area (Å²) >= 11 is 0. The van der Waals surface area contributed by atoms with E-state index in [2.05, 4.69) is 41.3 Å². The number of nitrogens with zero attached hydrogens (tertiary/aromatic N) is 2. The van der Waals surface area contributed by atoms with E-state index in [1.54, 1.807) is 0 Å². The zero-order valence-corrected chi connectivity index (χ0v) is 13.1. The van der Waals surface area contributed by atoms with E-state index in [0.717, 1.165) is 30.5 Å². The number of hydrogen-bond acceptors (Lipinski definition) is 3. The average Bonchev–Trinajstić information content (AvgIpc) is 3.18. The molecule has 0 bridgehead atoms. The summed E-state index contributed by atoms with van der Waals surface area (Å²) < 4.78 is 6.01. The average molecular weight is 304 g/mol. The minimum Gasteiger partial charge on any atom is -0.375 e. The molecule has 2 atom stereocenters. The highest BCUT2D eigenvalue weighted by Crippen LogP contribution is 2.49. The predicted molar refractivity (Wildman–Crippen MR) is 90.2 cm³/mol. The number of hydrogen-bond donors (Lipinski definition) is 0. The number of para-hydroxylation sites is 1. The van der Waals surface area contributed by atoms with Crippen molar-refractivity contribution in [1.29, 1.82) is 5.26 Å². The van der Waals surface area contributed by atoms with Gasteiger partial charge in [-0.2, -0.15) is 5.26 Å². The van der Waals surface area contributed by atoms with Gasteiger partial charge in [0.1, 0.15) is 5.41 Å². The number of fused-ring (bicyclic) bond motifs is 3. The van der Waals surface area contributed by atoms with Crippen LogP contribution in [0.3, 0.4) is 0 Å². The third-order valence-electron chi connectivity index (χ3n) is 5.16. The molecule has 0 unspecified atom stereocenters. The molecule has 1 fully saturated rings. The van der Waals surface area contributed by atoms with E-state index in [1.165, 1.54) is 5.69 Å². The van der Waals surface area contributed by atoms with E-state index in [4.69, 9.17) is 4.74 Å². The molecule has 2 aromatic carbocycles. The van der Waals surface area contributed by atoms with Gasteiger partial charge in [0, 0.05) is 17.8 Å². The predicted octanol–water partition coefficient (Wildman–Crippen LogP) is 3.65. The van der Waals surface area contributed by atoms with Gasteiger partial charge in [-0.1, -0.05) is 48.5 Å². The molecule has 0 aromatic heterocycles. The molecule has 2 aromatic rings. The Labute approximate surface area is 137 Å². The molecule has 1 saturated heterocycles. The first-order valence-electron chi connectivity index (χ1n) is 8.24. The van der Waals surface area contributed by atoms with Crippen molar-refractivity contribution < 1.29 is 4.74 Å². The molecule has 0 spiro atoms. The number of anilines is 1. The first kappa shape index (κ1) is 14.3. The summed E-state index contributed by atoms with van der Waals surface area (Å²) in [4.78, 5) is 2.41. The molecular formula is C20H20N2O. The zero-order valence-electron chi connectivity index (χ0n) is 13.1. The maximum atomic E-state index is 10.1. The highest BCUT2D eigenvalue weighted by Gasteiger charge is 2.53. The lowest BCUT2D eigenvalue weighted by Crippen LogP contribution is -2.43. The van der Waals surface area contributed by atoms with E-state index in [-0.39, 0.29) is 6.04 Å². The summed E-state index contributed by atoms with van der Waals surface area (Å²) in [5.41, 5.74) is 2.97. The number of benzene rings is 2. The van der Waals surface area contributed by atoms with Crippen molar-refractivity contribution in [1.82, 2.24) is 0 Å². The second-order valence-corrected chi connectivity index (χ2v) is 6.43. The summed E-state index contributed by atoms with van der Waals surface area (Å²) in [6.45, 7) is 2.06. The van der Waals surface area contributed by atoms with Crippen LogP contribution in [-0.2, 0) is 16.8 Å². The first-order chi connectivity index (χ1) is 11.3. The van der Waals surface area contributed by atoms with Crippen LogP contribution in [0.5, 0.6) is 0 Å². The van der Waals surface area contributed by atoms with Crippen molar-refractivity contribution in [2.24, 2.45) is 0 Å². The molecule has 2 heterocycles. The van der Waals surface area contributed by atoms with Crippen LogP contribution in [0.2, 0.25) is 0 Å². The summed E-state index contributed by atoms with van der Waals surface area (Å²) in [5, 5.41) is 10.1. The molecule has 116 valence electrons. The fraction of sp³-hybridized carbons (Fsp3) is 0.350. The largest absolute Gasteiger partial charge is 0.375 e. The highest BCUT2D eigenvalue weighted by molar-refractivity contribution is 5.67.